The minimum atomic E-state index is -0.997. The number of halogens is 2. The van der Waals surface area contributed by atoms with E-state index in [2.05, 4.69) is 0 Å². The van der Waals surface area contributed by atoms with Gasteiger partial charge in [0.2, 0.25) is 0 Å². The molecule has 0 unspecified atom stereocenters. The summed E-state index contributed by atoms with van der Waals surface area (Å²) in [5, 5.41) is 9.42. The van der Waals surface area contributed by atoms with Gasteiger partial charge >= 0.3 is 5.97 Å². The summed E-state index contributed by atoms with van der Waals surface area (Å²) < 4.78 is 5.33. The molecule has 5 heteroatoms. The molecular formula is C11H10Cl2O3. The fraction of sp³-hybridized carbons (Fsp3) is 0.182. The van der Waals surface area contributed by atoms with E-state index in [0.29, 0.717) is 21.4 Å². The maximum absolute atomic E-state index is 10.4. The Morgan fingerprint density at radius 3 is 2.75 bits per heavy atom. The van der Waals surface area contributed by atoms with Crippen molar-refractivity contribution in [2.75, 3.05) is 6.61 Å². The van der Waals surface area contributed by atoms with Gasteiger partial charge in [-0.3, -0.25) is 0 Å². The highest BCUT2D eigenvalue weighted by atomic mass is 35.5. The lowest BCUT2D eigenvalue weighted by molar-refractivity contribution is -0.131. The summed E-state index contributed by atoms with van der Waals surface area (Å²) in [5.74, 6) is -0.521. The minimum Gasteiger partial charge on any atom is -0.488 e. The third-order valence-corrected chi connectivity index (χ3v) is 2.25. The zero-order valence-electron chi connectivity index (χ0n) is 8.54. The standard InChI is InChI=1S/C11H10Cl2O3/c1-7(4-11(14)15)6-16-10-3-2-8(12)5-9(10)13/h2-5H,6H2,1H3,(H,14,15)/b7-4+. The van der Waals surface area contributed by atoms with Gasteiger partial charge in [-0.2, -0.15) is 0 Å². The zero-order valence-corrected chi connectivity index (χ0v) is 10.0. The largest absolute Gasteiger partial charge is 0.488 e. The van der Waals surface area contributed by atoms with E-state index in [1.54, 1.807) is 25.1 Å². The predicted molar refractivity (Wildman–Crippen MR) is 63.3 cm³/mol. The summed E-state index contributed by atoms with van der Waals surface area (Å²) in [6, 6.07) is 4.85. The minimum absolute atomic E-state index is 0.174. The van der Waals surface area contributed by atoms with Crippen LogP contribution >= 0.6 is 23.2 Å². The van der Waals surface area contributed by atoms with Crippen LogP contribution in [-0.2, 0) is 4.79 Å². The van der Waals surface area contributed by atoms with Gasteiger partial charge in [0.25, 0.3) is 0 Å². The quantitative estimate of drug-likeness (QED) is 0.845. The summed E-state index contributed by atoms with van der Waals surface area (Å²) in [5.41, 5.74) is 0.596. The Morgan fingerprint density at radius 2 is 2.19 bits per heavy atom. The fourth-order valence-corrected chi connectivity index (χ4v) is 1.50. The molecule has 0 radical (unpaired) electrons. The number of aliphatic carboxylic acids is 1. The molecule has 0 aliphatic rings. The van der Waals surface area contributed by atoms with E-state index < -0.39 is 5.97 Å². The number of hydrogen-bond donors (Lipinski definition) is 1. The van der Waals surface area contributed by atoms with Gasteiger partial charge in [-0.1, -0.05) is 23.2 Å². The van der Waals surface area contributed by atoms with E-state index in [1.165, 1.54) is 0 Å². The normalized spacial score (nSPS) is 11.3. The Labute approximate surface area is 103 Å². The van der Waals surface area contributed by atoms with Crippen LogP contribution in [-0.4, -0.2) is 17.7 Å². The lowest BCUT2D eigenvalue weighted by Gasteiger charge is -2.07. The van der Waals surface area contributed by atoms with Crippen LogP contribution in [0.2, 0.25) is 10.0 Å². The molecule has 0 spiro atoms. The zero-order chi connectivity index (χ0) is 12.1. The Bertz CT molecular complexity index is 427. The molecule has 0 atom stereocenters. The van der Waals surface area contributed by atoms with Crippen LogP contribution in [0.1, 0.15) is 6.92 Å². The fourth-order valence-electron chi connectivity index (χ4n) is 1.04. The summed E-state index contributed by atoms with van der Waals surface area (Å²) in [6.07, 6.45) is 1.09. The molecule has 0 aromatic heterocycles. The number of hydrogen-bond acceptors (Lipinski definition) is 2. The molecule has 1 aromatic carbocycles. The molecule has 1 rings (SSSR count). The van der Waals surface area contributed by atoms with Crippen molar-refractivity contribution in [3.05, 3.63) is 39.9 Å². The van der Waals surface area contributed by atoms with Crippen molar-refractivity contribution in [1.82, 2.24) is 0 Å². The van der Waals surface area contributed by atoms with Crippen LogP contribution in [0.5, 0.6) is 5.75 Å². The molecule has 16 heavy (non-hydrogen) atoms. The second-order valence-corrected chi connectivity index (χ2v) is 4.04. The average molecular weight is 261 g/mol. The van der Waals surface area contributed by atoms with Crippen molar-refractivity contribution in [3.8, 4) is 5.75 Å². The maximum Gasteiger partial charge on any atom is 0.328 e. The van der Waals surface area contributed by atoms with Crippen LogP contribution < -0.4 is 4.74 Å². The van der Waals surface area contributed by atoms with E-state index in [0.717, 1.165) is 6.08 Å². The topological polar surface area (TPSA) is 46.5 Å². The Hall–Kier alpha value is -1.19. The van der Waals surface area contributed by atoms with Gasteiger partial charge in [-0.05, 0) is 30.7 Å². The lowest BCUT2D eigenvalue weighted by atomic mass is 10.3. The second kappa shape index (κ2) is 5.77. The molecule has 1 N–H and O–H groups in total. The van der Waals surface area contributed by atoms with E-state index in [4.69, 9.17) is 33.0 Å². The van der Waals surface area contributed by atoms with Crippen LogP contribution in [0, 0.1) is 0 Å². The van der Waals surface area contributed by atoms with Crippen LogP contribution in [0.15, 0.2) is 29.8 Å². The number of ether oxygens (including phenoxy) is 1. The van der Waals surface area contributed by atoms with Crippen LogP contribution in [0.25, 0.3) is 0 Å². The molecule has 0 amide bonds. The third kappa shape index (κ3) is 4.13. The molecule has 0 saturated heterocycles. The van der Waals surface area contributed by atoms with Crippen molar-refractivity contribution < 1.29 is 14.6 Å². The van der Waals surface area contributed by atoms with Crippen LogP contribution in [0.3, 0.4) is 0 Å². The third-order valence-electron chi connectivity index (χ3n) is 1.72. The van der Waals surface area contributed by atoms with E-state index in [9.17, 15) is 4.79 Å². The Morgan fingerprint density at radius 1 is 1.50 bits per heavy atom. The number of benzene rings is 1. The Balaban J connectivity index is 2.65. The van der Waals surface area contributed by atoms with Gasteiger partial charge in [-0.25, -0.2) is 4.79 Å². The summed E-state index contributed by atoms with van der Waals surface area (Å²) >= 11 is 11.6. The number of carbonyl (C=O) groups is 1. The first-order chi connectivity index (χ1) is 7.49. The van der Waals surface area contributed by atoms with Gasteiger partial charge in [0.1, 0.15) is 12.4 Å². The molecule has 1 aromatic rings. The SMILES string of the molecule is C/C(=C\C(=O)O)COc1ccc(Cl)cc1Cl. The van der Waals surface area contributed by atoms with Crippen LogP contribution in [0.4, 0.5) is 0 Å². The van der Waals surface area contributed by atoms with E-state index in [1.807, 2.05) is 0 Å². The first kappa shape index (κ1) is 12.9. The number of rotatable bonds is 4. The van der Waals surface area contributed by atoms with Gasteiger partial charge in [0.05, 0.1) is 5.02 Å². The molecule has 0 bridgehead atoms. The van der Waals surface area contributed by atoms with Gasteiger partial charge < -0.3 is 9.84 Å². The first-order valence-electron chi connectivity index (χ1n) is 4.47. The van der Waals surface area contributed by atoms with Crippen molar-refractivity contribution in [1.29, 1.82) is 0 Å². The molecule has 3 nitrogen and oxygen atoms in total. The summed E-state index contributed by atoms with van der Waals surface area (Å²) in [7, 11) is 0. The van der Waals surface area contributed by atoms with Crippen molar-refractivity contribution in [3.63, 3.8) is 0 Å². The molecule has 0 aliphatic carbocycles. The lowest BCUT2D eigenvalue weighted by Crippen LogP contribution is -2.01. The van der Waals surface area contributed by atoms with Crippen molar-refractivity contribution in [2.45, 2.75) is 6.92 Å². The van der Waals surface area contributed by atoms with E-state index in [-0.39, 0.29) is 6.61 Å². The predicted octanol–water partition coefficient (Wildman–Crippen LogP) is 3.40. The molecular weight excluding hydrogens is 251 g/mol. The molecule has 0 aliphatic heterocycles. The van der Waals surface area contributed by atoms with Gasteiger partial charge in [-0.15, -0.1) is 0 Å². The smallest absolute Gasteiger partial charge is 0.328 e. The number of carboxylic acid groups (broad SMARTS) is 1. The summed E-state index contributed by atoms with van der Waals surface area (Å²) in [6.45, 7) is 1.84. The summed E-state index contributed by atoms with van der Waals surface area (Å²) in [4.78, 5) is 10.4. The average Bonchev–Trinajstić information content (AvgIpc) is 2.15. The van der Waals surface area contributed by atoms with E-state index >= 15 is 0 Å². The highest BCUT2D eigenvalue weighted by molar-refractivity contribution is 6.35. The maximum atomic E-state index is 10.4. The van der Waals surface area contributed by atoms with Crippen molar-refractivity contribution >= 4 is 29.2 Å². The molecule has 86 valence electrons. The molecule has 0 heterocycles. The molecule has 0 fully saturated rings. The monoisotopic (exact) mass is 260 g/mol. The highest BCUT2D eigenvalue weighted by Crippen LogP contribution is 2.27. The van der Waals surface area contributed by atoms with Gasteiger partial charge in [0, 0.05) is 11.1 Å². The molecule has 0 saturated carbocycles. The van der Waals surface area contributed by atoms with Crippen molar-refractivity contribution in [2.24, 2.45) is 0 Å². The Kier molecular flexibility index (Phi) is 4.65. The first-order valence-corrected chi connectivity index (χ1v) is 5.22. The van der Waals surface area contributed by atoms with Gasteiger partial charge in [0.15, 0.2) is 0 Å². The number of carboxylic acids is 1. The second-order valence-electron chi connectivity index (χ2n) is 3.19. The highest BCUT2D eigenvalue weighted by Gasteiger charge is 2.03.